The number of carbonyl (C=O) groups excluding carboxylic acids is 1. The van der Waals surface area contributed by atoms with Gasteiger partial charge < -0.3 is 9.32 Å². The number of carbonyl (C=O) groups is 1. The van der Waals surface area contributed by atoms with E-state index in [1.54, 1.807) is 29.2 Å². The molecule has 2 aromatic heterocycles. The summed E-state index contributed by atoms with van der Waals surface area (Å²) in [4.78, 5) is 14.5. The highest BCUT2D eigenvalue weighted by Crippen LogP contribution is 2.33. The van der Waals surface area contributed by atoms with Crippen molar-refractivity contribution in [3.63, 3.8) is 0 Å². The predicted molar refractivity (Wildman–Crippen MR) is 92.6 cm³/mol. The molecule has 0 atom stereocenters. The molecule has 9 heteroatoms. The molecule has 0 bridgehead atoms. The number of rotatable bonds is 2. The molecule has 142 valence electrons. The van der Waals surface area contributed by atoms with Crippen LogP contribution in [0, 0.1) is 0 Å². The summed E-state index contributed by atoms with van der Waals surface area (Å²) in [5.74, 6) is -0.236. The van der Waals surface area contributed by atoms with Crippen molar-refractivity contribution in [2.75, 3.05) is 13.1 Å². The minimum absolute atomic E-state index is 0.0465. The summed E-state index contributed by atoms with van der Waals surface area (Å²) < 4.78 is 44.9. The van der Waals surface area contributed by atoms with Crippen molar-refractivity contribution < 1.29 is 22.4 Å². The SMILES string of the molecule is O=C(c1c(Cl)oc2ccccc12)N1CCC(n2ccc(C(F)(F)F)n2)CC1. The first-order chi connectivity index (χ1) is 12.8. The molecule has 0 radical (unpaired) electrons. The van der Waals surface area contributed by atoms with Crippen molar-refractivity contribution in [2.45, 2.75) is 25.1 Å². The maximum absolute atomic E-state index is 12.9. The Kier molecular flexibility index (Phi) is 4.38. The number of nitrogens with zero attached hydrogens (tertiary/aromatic N) is 3. The van der Waals surface area contributed by atoms with E-state index < -0.39 is 11.9 Å². The Morgan fingerprint density at radius 2 is 1.89 bits per heavy atom. The Hall–Kier alpha value is -2.48. The Morgan fingerprint density at radius 3 is 2.56 bits per heavy atom. The zero-order valence-corrected chi connectivity index (χ0v) is 14.8. The van der Waals surface area contributed by atoms with E-state index in [0.717, 1.165) is 6.07 Å². The van der Waals surface area contributed by atoms with Gasteiger partial charge in [-0.2, -0.15) is 18.3 Å². The van der Waals surface area contributed by atoms with Crippen molar-refractivity contribution >= 4 is 28.5 Å². The number of fused-ring (bicyclic) bond motifs is 1. The summed E-state index contributed by atoms with van der Waals surface area (Å²) in [6.45, 7) is 0.807. The Bertz CT molecular complexity index is 987. The molecule has 3 aromatic rings. The Labute approximate surface area is 157 Å². The Morgan fingerprint density at radius 1 is 1.19 bits per heavy atom. The van der Waals surface area contributed by atoms with Crippen molar-refractivity contribution in [1.29, 1.82) is 0 Å². The van der Waals surface area contributed by atoms with E-state index in [-0.39, 0.29) is 17.2 Å². The number of hydrogen-bond acceptors (Lipinski definition) is 3. The first kappa shape index (κ1) is 17.9. The van der Waals surface area contributed by atoms with Crippen molar-refractivity contribution in [3.8, 4) is 0 Å². The van der Waals surface area contributed by atoms with Gasteiger partial charge in [0.1, 0.15) is 11.1 Å². The van der Waals surface area contributed by atoms with Crippen LogP contribution in [0.25, 0.3) is 11.0 Å². The standard InChI is InChI=1S/C18H15ClF3N3O2/c19-16-15(12-3-1-2-4-13(12)27-16)17(26)24-8-5-11(6-9-24)25-10-7-14(23-25)18(20,21)22/h1-4,7,10-11H,5-6,8-9H2. The van der Waals surface area contributed by atoms with E-state index >= 15 is 0 Å². The fourth-order valence-electron chi connectivity index (χ4n) is 3.40. The average molecular weight is 398 g/mol. The van der Waals surface area contributed by atoms with Crippen molar-refractivity contribution in [1.82, 2.24) is 14.7 Å². The lowest BCUT2D eigenvalue weighted by Crippen LogP contribution is -2.39. The molecule has 0 N–H and O–H groups in total. The topological polar surface area (TPSA) is 51.3 Å². The van der Waals surface area contributed by atoms with Crippen LogP contribution in [0.5, 0.6) is 0 Å². The van der Waals surface area contributed by atoms with Gasteiger partial charge in [-0.15, -0.1) is 0 Å². The number of hydrogen-bond donors (Lipinski definition) is 0. The van der Waals surface area contributed by atoms with Crippen LogP contribution < -0.4 is 0 Å². The minimum atomic E-state index is -4.46. The second-order valence-electron chi connectivity index (χ2n) is 6.45. The smallest absolute Gasteiger partial charge is 0.435 e. The monoisotopic (exact) mass is 397 g/mol. The van der Waals surface area contributed by atoms with E-state index in [1.807, 2.05) is 0 Å². The van der Waals surface area contributed by atoms with Gasteiger partial charge in [0, 0.05) is 24.7 Å². The number of likely N-dealkylation sites (tertiary alicyclic amines) is 1. The van der Waals surface area contributed by atoms with Crippen molar-refractivity contribution in [3.05, 3.63) is 53.0 Å². The van der Waals surface area contributed by atoms with E-state index in [1.165, 1.54) is 10.9 Å². The lowest BCUT2D eigenvalue weighted by molar-refractivity contribution is -0.141. The third-order valence-corrected chi connectivity index (χ3v) is 5.06. The van der Waals surface area contributed by atoms with Gasteiger partial charge in [-0.3, -0.25) is 9.48 Å². The molecule has 5 nitrogen and oxygen atoms in total. The molecule has 0 unspecified atom stereocenters. The van der Waals surface area contributed by atoms with Gasteiger partial charge in [-0.05, 0) is 36.6 Å². The number of amides is 1. The molecule has 1 fully saturated rings. The van der Waals surface area contributed by atoms with Gasteiger partial charge in [0.25, 0.3) is 5.91 Å². The van der Waals surface area contributed by atoms with Crippen LogP contribution in [0.1, 0.15) is 34.9 Å². The molecule has 0 aliphatic carbocycles. The van der Waals surface area contributed by atoms with Gasteiger partial charge in [0.05, 0.1) is 6.04 Å². The Balaban J connectivity index is 1.48. The number of aromatic nitrogens is 2. The molecule has 1 aromatic carbocycles. The maximum atomic E-state index is 12.9. The summed E-state index contributed by atoms with van der Waals surface area (Å²) in [5.41, 5.74) is -0.0428. The lowest BCUT2D eigenvalue weighted by Gasteiger charge is -2.32. The molecule has 0 spiro atoms. The zero-order chi connectivity index (χ0) is 19.2. The van der Waals surface area contributed by atoms with Crippen LogP contribution >= 0.6 is 11.6 Å². The number of halogens is 4. The highest BCUT2D eigenvalue weighted by Gasteiger charge is 2.35. The first-order valence-corrected chi connectivity index (χ1v) is 8.81. The summed E-state index contributed by atoms with van der Waals surface area (Å²) in [5, 5.41) is 4.33. The molecule has 3 heterocycles. The largest absolute Gasteiger partial charge is 0.444 e. The summed E-state index contributed by atoms with van der Waals surface area (Å²) in [7, 11) is 0. The first-order valence-electron chi connectivity index (χ1n) is 8.43. The van der Waals surface area contributed by atoms with Crippen LogP contribution in [0.15, 0.2) is 40.9 Å². The van der Waals surface area contributed by atoms with Gasteiger partial charge >= 0.3 is 6.18 Å². The highest BCUT2D eigenvalue weighted by molar-refractivity contribution is 6.34. The van der Waals surface area contributed by atoms with E-state index in [2.05, 4.69) is 5.10 Å². The lowest BCUT2D eigenvalue weighted by atomic mass is 10.0. The zero-order valence-electron chi connectivity index (χ0n) is 14.0. The van der Waals surface area contributed by atoms with Crippen LogP contribution in [0.3, 0.4) is 0 Å². The molecule has 1 aliphatic rings. The quantitative estimate of drug-likeness (QED) is 0.625. The molecular weight excluding hydrogens is 383 g/mol. The third kappa shape index (κ3) is 3.29. The minimum Gasteiger partial charge on any atom is -0.444 e. The molecule has 0 saturated carbocycles. The number of benzene rings is 1. The molecule has 27 heavy (non-hydrogen) atoms. The van der Waals surface area contributed by atoms with Crippen molar-refractivity contribution in [2.24, 2.45) is 0 Å². The van der Waals surface area contributed by atoms with Crippen LogP contribution in [-0.4, -0.2) is 33.7 Å². The third-order valence-electron chi connectivity index (χ3n) is 4.79. The van der Waals surface area contributed by atoms with Gasteiger partial charge in [-0.25, -0.2) is 0 Å². The summed E-state index contributed by atoms with van der Waals surface area (Å²) >= 11 is 6.12. The number of piperidine rings is 1. The second kappa shape index (κ2) is 6.60. The molecule has 1 aliphatic heterocycles. The summed E-state index contributed by atoms with van der Waals surface area (Å²) in [6, 6.07) is 7.89. The molecule has 1 amide bonds. The predicted octanol–water partition coefficient (Wildman–Crippen LogP) is 4.78. The number of furan rings is 1. The summed E-state index contributed by atoms with van der Waals surface area (Å²) in [6.07, 6.45) is -2.09. The number of alkyl halides is 3. The van der Waals surface area contributed by atoms with E-state index in [0.29, 0.717) is 42.5 Å². The molecule has 4 rings (SSSR count). The highest BCUT2D eigenvalue weighted by atomic mass is 35.5. The number of para-hydroxylation sites is 1. The van der Waals surface area contributed by atoms with Crippen LogP contribution in [-0.2, 0) is 6.18 Å². The van der Waals surface area contributed by atoms with Crippen LogP contribution in [0.4, 0.5) is 13.2 Å². The van der Waals surface area contributed by atoms with E-state index in [9.17, 15) is 18.0 Å². The maximum Gasteiger partial charge on any atom is 0.435 e. The van der Waals surface area contributed by atoms with Gasteiger partial charge in [0.2, 0.25) is 5.22 Å². The molecular formula is C18H15ClF3N3O2. The van der Waals surface area contributed by atoms with E-state index in [4.69, 9.17) is 16.0 Å². The molecule has 1 saturated heterocycles. The fourth-order valence-corrected chi connectivity index (χ4v) is 3.66. The fraction of sp³-hybridized carbons (Fsp3) is 0.333. The average Bonchev–Trinajstić information content (AvgIpc) is 3.25. The van der Waals surface area contributed by atoms with Gasteiger partial charge in [-0.1, -0.05) is 18.2 Å². The van der Waals surface area contributed by atoms with Crippen LogP contribution in [0.2, 0.25) is 5.22 Å². The second-order valence-corrected chi connectivity index (χ2v) is 6.79. The van der Waals surface area contributed by atoms with Gasteiger partial charge in [0.15, 0.2) is 5.69 Å². The normalized spacial score (nSPS) is 16.2.